The van der Waals surface area contributed by atoms with Crippen molar-refractivity contribution in [3.63, 3.8) is 0 Å². The minimum atomic E-state index is -0.466. The molecule has 0 radical (unpaired) electrons. The zero-order valence-corrected chi connectivity index (χ0v) is 14.0. The summed E-state index contributed by atoms with van der Waals surface area (Å²) in [5.74, 6) is 0.250. The van der Waals surface area contributed by atoms with Crippen molar-refractivity contribution in [3.8, 4) is 5.75 Å². The molecule has 0 heterocycles. The second kappa shape index (κ2) is 7.40. The molecule has 0 saturated heterocycles. The Bertz CT molecular complexity index is 673. The molecule has 0 saturated carbocycles. The fraction of sp³-hybridized carbons (Fsp3) is 0.235. The van der Waals surface area contributed by atoms with Crippen LogP contribution in [0.1, 0.15) is 24.2 Å². The van der Waals surface area contributed by atoms with Gasteiger partial charge in [0.25, 0.3) is 5.91 Å². The molecule has 1 N–H and O–H groups in total. The first-order valence-corrected chi connectivity index (χ1v) is 7.75. The number of anilines is 1. The van der Waals surface area contributed by atoms with Gasteiger partial charge in [-0.2, -0.15) is 0 Å². The molecule has 0 fully saturated rings. The van der Waals surface area contributed by atoms with Gasteiger partial charge in [0, 0.05) is 5.56 Å². The Morgan fingerprint density at radius 1 is 1.27 bits per heavy atom. The van der Waals surface area contributed by atoms with Gasteiger partial charge in [0.05, 0.1) is 16.8 Å². The molecule has 0 spiro atoms. The summed E-state index contributed by atoms with van der Waals surface area (Å²) >= 11 is 3.39. The molecule has 116 valence electrons. The van der Waals surface area contributed by atoms with Crippen molar-refractivity contribution in [2.24, 2.45) is 5.92 Å². The molecule has 2 rings (SSSR count). The SMILES string of the molecule is CC(C)COc1ccc(C(=O)Nc2ccccc2F)cc1Br. The first-order chi connectivity index (χ1) is 10.5. The molecule has 0 bridgehead atoms. The Morgan fingerprint density at radius 3 is 2.64 bits per heavy atom. The van der Waals surface area contributed by atoms with Gasteiger partial charge in [0.15, 0.2) is 0 Å². The van der Waals surface area contributed by atoms with Crippen LogP contribution in [0, 0.1) is 11.7 Å². The molecular formula is C17H17BrFNO2. The van der Waals surface area contributed by atoms with Crippen LogP contribution < -0.4 is 10.1 Å². The second-order valence-corrected chi connectivity index (χ2v) is 6.14. The quantitative estimate of drug-likeness (QED) is 0.820. The number of carbonyl (C=O) groups excluding carboxylic acids is 1. The first-order valence-electron chi connectivity index (χ1n) is 6.95. The second-order valence-electron chi connectivity index (χ2n) is 5.28. The number of nitrogens with one attached hydrogen (secondary N) is 1. The maximum atomic E-state index is 13.5. The van der Waals surface area contributed by atoms with E-state index in [1.807, 2.05) is 0 Å². The number of ether oxygens (including phenoxy) is 1. The van der Waals surface area contributed by atoms with Gasteiger partial charge < -0.3 is 10.1 Å². The van der Waals surface area contributed by atoms with E-state index in [2.05, 4.69) is 35.1 Å². The molecule has 2 aromatic rings. The van der Waals surface area contributed by atoms with E-state index in [9.17, 15) is 9.18 Å². The summed E-state index contributed by atoms with van der Waals surface area (Å²) in [4.78, 5) is 12.2. The molecule has 0 unspecified atom stereocenters. The molecule has 0 aliphatic carbocycles. The van der Waals surface area contributed by atoms with Crippen LogP contribution in [0.4, 0.5) is 10.1 Å². The van der Waals surface area contributed by atoms with Gasteiger partial charge in [-0.3, -0.25) is 4.79 Å². The molecule has 22 heavy (non-hydrogen) atoms. The third-order valence-corrected chi connectivity index (χ3v) is 3.51. The summed E-state index contributed by atoms with van der Waals surface area (Å²) in [6.45, 7) is 4.72. The Labute approximate surface area is 137 Å². The Kier molecular flexibility index (Phi) is 5.55. The molecule has 0 aromatic heterocycles. The van der Waals surface area contributed by atoms with Crippen LogP contribution in [-0.4, -0.2) is 12.5 Å². The number of hydrogen-bond acceptors (Lipinski definition) is 2. The summed E-state index contributed by atoms with van der Waals surface area (Å²) in [5, 5.41) is 2.55. The number of amides is 1. The number of para-hydroxylation sites is 1. The van der Waals surface area contributed by atoms with E-state index in [0.717, 1.165) is 0 Å². The van der Waals surface area contributed by atoms with E-state index in [1.54, 1.807) is 30.3 Å². The van der Waals surface area contributed by atoms with E-state index in [-0.39, 0.29) is 11.6 Å². The van der Waals surface area contributed by atoms with E-state index in [4.69, 9.17) is 4.74 Å². The van der Waals surface area contributed by atoms with Gasteiger partial charge in [-0.05, 0) is 52.2 Å². The molecule has 2 aromatic carbocycles. The van der Waals surface area contributed by atoms with Crippen molar-refractivity contribution in [1.29, 1.82) is 0 Å². The molecule has 0 aliphatic heterocycles. The van der Waals surface area contributed by atoms with Crippen molar-refractivity contribution in [2.45, 2.75) is 13.8 Å². The zero-order valence-electron chi connectivity index (χ0n) is 12.4. The van der Waals surface area contributed by atoms with Crippen molar-refractivity contribution in [3.05, 3.63) is 58.3 Å². The summed E-state index contributed by atoms with van der Waals surface area (Å²) < 4.78 is 19.9. The fourth-order valence-corrected chi connectivity index (χ4v) is 2.27. The lowest BCUT2D eigenvalue weighted by atomic mass is 10.2. The Balaban J connectivity index is 2.11. The van der Waals surface area contributed by atoms with Crippen LogP contribution in [0.5, 0.6) is 5.75 Å². The van der Waals surface area contributed by atoms with Crippen molar-refractivity contribution in [1.82, 2.24) is 0 Å². The predicted octanol–water partition coefficient (Wildman–Crippen LogP) is 4.88. The average Bonchev–Trinajstić information content (AvgIpc) is 2.48. The fourth-order valence-electron chi connectivity index (χ4n) is 1.77. The van der Waals surface area contributed by atoms with Gasteiger partial charge in [-0.1, -0.05) is 26.0 Å². The molecule has 0 atom stereocenters. The third-order valence-electron chi connectivity index (χ3n) is 2.89. The molecule has 0 aliphatic rings. The number of benzene rings is 2. The minimum absolute atomic E-state index is 0.156. The van der Waals surface area contributed by atoms with Crippen LogP contribution in [0.15, 0.2) is 46.9 Å². The van der Waals surface area contributed by atoms with Crippen LogP contribution in [0.3, 0.4) is 0 Å². The standard InChI is InChI=1S/C17H17BrFNO2/c1-11(2)10-22-16-8-7-12(9-13(16)18)17(21)20-15-6-4-3-5-14(15)19/h3-9,11H,10H2,1-2H3,(H,20,21). The monoisotopic (exact) mass is 365 g/mol. The van der Waals surface area contributed by atoms with Crippen molar-refractivity contribution < 1.29 is 13.9 Å². The summed E-state index contributed by atoms with van der Waals surface area (Å²) in [7, 11) is 0. The topological polar surface area (TPSA) is 38.3 Å². The summed E-state index contributed by atoms with van der Waals surface area (Å²) in [5.41, 5.74) is 0.579. The number of rotatable bonds is 5. The van der Waals surface area contributed by atoms with Gasteiger partial charge in [0.1, 0.15) is 11.6 Å². The van der Waals surface area contributed by atoms with Gasteiger partial charge in [-0.25, -0.2) is 4.39 Å². The lowest BCUT2D eigenvalue weighted by Gasteiger charge is -2.12. The summed E-state index contributed by atoms with van der Waals surface area (Å²) in [6.07, 6.45) is 0. The van der Waals surface area contributed by atoms with Crippen LogP contribution >= 0.6 is 15.9 Å². The Hall–Kier alpha value is -1.88. The van der Waals surface area contributed by atoms with Crippen LogP contribution in [0.2, 0.25) is 0 Å². The first kappa shape index (κ1) is 16.5. The minimum Gasteiger partial charge on any atom is -0.492 e. The van der Waals surface area contributed by atoms with Gasteiger partial charge >= 0.3 is 0 Å². The lowest BCUT2D eigenvalue weighted by Crippen LogP contribution is -2.13. The van der Waals surface area contributed by atoms with Gasteiger partial charge in [-0.15, -0.1) is 0 Å². The smallest absolute Gasteiger partial charge is 0.255 e. The number of carbonyl (C=O) groups is 1. The van der Waals surface area contributed by atoms with Crippen molar-refractivity contribution >= 4 is 27.5 Å². The van der Waals surface area contributed by atoms with E-state index in [1.165, 1.54) is 12.1 Å². The highest BCUT2D eigenvalue weighted by atomic mass is 79.9. The molecule has 3 nitrogen and oxygen atoms in total. The van der Waals surface area contributed by atoms with Crippen molar-refractivity contribution in [2.75, 3.05) is 11.9 Å². The normalized spacial score (nSPS) is 10.6. The molecular weight excluding hydrogens is 349 g/mol. The maximum absolute atomic E-state index is 13.5. The highest BCUT2D eigenvalue weighted by molar-refractivity contribution is 9.10. The van der Waals surface area contributed by atoms with E-state index < -0.39 is 5.82 Å². The number of hydrogen-bond donors (Lipinski definition) is 1. The third kappa shape index (κ3) is 4.31. The maximum Gasteiger partial charge on any atom is 0.255 e. The average molecular weight is 366 g/mol. The molecule has 5 heteroatoms. The van der Waals surface area contributed by atoms with Gasteiger partial charge in [0.2, 0.25) is 0 Å². The Morgan fingerprint density at radius 2 is 2.00 bits per heavy atom. The zero-order chi connectivity index (χ0) is 16.1. The highest BCUT2D eigenvalue weighted by Gasteiger charge is 2.11. The predicted molar refractivity (Wildman–Crippen MR) is 88.8 cm³/mol. The highest BCUT2D eigenvalue weighted by Crippen LogP contribution is 2.27. The molecule has 1 amide bonds. The largest absolute Gasteiger partial charge is 0.492 e. The van der Waals surface area contributed by atoms with E-state index >= 15 is 0 Å². The lowest BCUT2D eigenvalue weighted by molar-refractivity contribution is 0.102. The number of halogens is 2. The van der Waals surface area contributed by atoms with Crippen LogP contribution in [-0.2, 0) is 0 Å². The van der Waals surface area contributed by atoms with E-state index in [0.29, 0.717) is 28.3 Å². The summed E-state index contributed by atoms with van der Waals surface area (Å²) in [6, 6.07) is 11.1. The van der Waals surface area contributed by atoms with Crippen LogP contribution in [0.25, 0.3) is 0 Å².